The van der Waals surface area contributed by atoms with Gasteiger partial charge >= 0.3 is 0 Å². The summed E-state index contributed by atoms with van der Waals surface area (Å²) in [6.07, 6.45) is 7.65. The van der Waals surface area contributed by atoms with Crippen molar-refractivity contribution in [1.82, 2.24) is 4.90 Å². The van der Waals surface area contributed by atoms with Gasteiger partial charge in [-0.2, -0.15) is 0 Å². The van der Waals surface area contributed by atoms with E-state index in [2.05, 4.69) is 18.9 Å². The Morgan fingerprint density at radius 3 is 2.50 bits per heavy atom. The van der Waals surface area contributed by atoms with Crippen molar-refractivity contribution in [3.63, 3.8) is 0 Å². The van der Waals surface area contributed by atoms with Gasteiger partial charge in [-0.05, 0) is 32.7 Å². The summed E-state index contributed by atoms with van der Waals surface area (Å²) in [5.41, 5.74) is 0. The predicted molar refractivity (Wildman–Crippen MR) is 60.1 cm³/mol. The zero-order valence-electron chi connectivity index (χ0n) is 9.87. The van der Waals surface area contributed by atoms with Crippen molar-refractivity contribution in [3.8, 4) is 0 Å². The lowest BCUT2D eigenvalue weighted by atomic mass is 9.91. The molecular formula is C12H25NO. The molecule has 0 aromatic heterocycles. The maximum Gasteiger partial charge on any atom is 0.104 e. The smallest absolute Gasteiger partial charge is 0.104 e. The van der Waals surface area contributed by atoms with Crippen LogP contribution in [0.1, 0.15) is 52.4 Å². The Kier molecular flexibility index (Phi) is 4.90. The minimum absolute atomic E-state index is 0.299. The van der Waals surface area contributed by atoms with Crippen LogP contribution in [0.2, 0.25) is 0 Å². The van der Waals surface area contributed by atoms with Crippen LogP contribution in [0.5, 0.6) is 0 Å². The molecule has 2 heteroatoms. The Hall–Kier alpha value is -0.0800. The van der Waals surface area contributed by atoms with Gasteiger partial charge in [0.25, 0.3) is 0 Å². The third-order valence-electron chi connectivity index (χ3n) is 3.76. The van der Waals surface area contributed by atoms with Crippen LogP contribution in [0.25, 0.3) is 0 Å². The van der Waals surface area contributed by atoms with E-state index in [0.29, 0.717) is 6.04 Å². The van der Waals surface area contributed by atoms with Crippen molar-refractivity contribution in [2.75, 3.05) is 7.05 Å². The average molecular weight is 199 g/mol. The van der Waals surface area contributed by atoms with Gasteiger partial charge in [0.1, 0.15) is 6.23 Å². The highest BCUT2D eigenvalue weighted by atomic mass is 16.3. The molecule has 14 heavy (non-hydrogen) atoms. The summed E-state index contributed by atoms with van der Waals surface area (Å²) in [6, 6.07) is 0.600. The van der Waals surface area contributed by atoms with E-state index in [1.165, 1.54) is 38.5 Å². The predicted octanol–water partition coefficient (Wildman–Crippen LogP) is 2.62. The van der Waals surface area contributed by atoms with Gasteiger partial charge in [-0.1, -0.05) is 32.6 Å². The summed E-state index contributed by atoms with van der Waals surface area (Å²) >= 11 is 0. The van der Waals surface area contributed by atoms with Crippen molar-refractivity contribution < 1.29 is 5.11 Å². The number of hydrogen-bond donors (Lipinski definition) is 1. The second kappa shape index (κ2) is 5.72. The van der Waals surface area contributed by atoms with E-state index in [9.17, 15) is 5.11 Å². The average Bonchev–Trinajstić information content (AvgIpc) is 2.40. The summed E-state index contributed by atoms with van der Waals surface area (Å²) in [4.78, 5) is 2.15. The Bertz CT molecular complexity index is 158. The lowest BCUT2D eigenvalue weighted by molar-refractivity contribution is -0.0122. The molecule has 0 spiro atoms. The molecule has 1 aliphatic carbocycles. The van der Waals surface area contributed by atoms with Crippen molar-refractivity contribution in [1.29, 1.82) is 0 Å². The van der Waals surface area contributed by atoms with E-state index < -0.39 is 0 Å². The molecule has 1 saturated carbocycles. The van der Waals surface area contributed by atoms with Crippen LogP contribution < -0.4 is 0 Å². The highest BCUT2D eigenvalue weighted by Crippen LogP contribution is 2.29. The SMILES string of the molecule is CCC1CCCCCC1N(C)C(C)O. The monoisotopic (exact) mass is 199 g/mol. The lowest BCUT2D eigenvalue weighted by Crippen LogP contribution is -2.42. The first-order valence-electron chi connectivity index (χ1n) is 6.06. The zero-order chi connectivity index (χ0) is 10.6. The Labute approximate surface area is 88.3 Å². The summed E-state index contributed by atoms with van der Waals surface area (Å²) < 4.78 is 0. The molecule has 3 atom stereocenters. The Morgan fingerprint density at radius 2 is 1.93 bits per heavy atom. The maximum absolute atomic E-state index is 9.60. The first-order chi connectivity index (χ1) is 6.66. The van der Waals surface area contributed by atoms with Crippen LogP contribution in [0, 0.1) is 5.92 Å². The molecule has 1 fully saturated rings. The molecular weight excluding hydrogens is 174 g/mol. The topological polar surface area (TPSA) is 23.5 Å². The number of hydrogen-bond acceptors (Lipinski definition) is 2. The van der Waals surface area contributed by atoms with Crippen molar-refractivity contribution in [2.45, 2.75) is 64.6 Å². The van der Waals surface area contributed by atoms with Crippen LogP contribution in [-0.4, -0.2) is 29.3 Å². The fraction of sp³-hybridized carbons (Fsp3) is 1.00. The van der Waals surface area contributed by atoms with Gasteiger partial charge in [0.05, 0.1) is 0 Å². The highest BCUT2D eigenvalue weighted by Gasteiger charge is 2.27. The third-order valence-corrected chi connectivity index (χ3v) is 3.76. The number of nitrogens with zero attached hydrogens (tertiary/aromatic N) is 1. The second-order valence-corrected chi connectivity index (χ2v) is 4.67. The van der Waals surface area contributed by atoms with Gasteiger partial charge in [-0.3, -0.25) is 4.90 Å². The summed E-state index contributed by atoms with van der Waals surface area (Å²) in [5.74, 6) is 0.789. The molecule has 0 radical (unpaired) electrons. The minimum atomic E-state index is -0.299. The molecule has 0 amide bonds. The van der Waals surface area contributed by atoms with Gasteiger partial charge in [0.15, 0.2) is 0 Å². The lowest BCUT2D eigenvalue weighted by Gasteiger charge is -2.35. The fourth-order valence-corrected chi connectivity index (χ4v) is 2.65. The van der Waals surface area contributed by atoms with E-state index >= 15 is 0 Å². The van der Waals surface area contributed by atoms with Crippen LogP contribution in [0.3, 0.4) is 0 Å². The maximum atomic E-state index is 9.60. The van der Waals surface area contributed by atoms with Crippen LogP contribution >= 0.6 is 0 Å². The van der Waals surface area contributed by atoms with Crippen LogP contribution in [0.15, 0.2) is 0 Å². The first-order valence-corrected chi connectivity index (χ1v) is 6.06. The summed E-state index contributed by atoms with van der Waals surface area (Å²) in [7, 11) is 2.06. The molecule has 3 unspecified atom stereocenters. The molecule has 0 heterocycles. The molecule has 84 valence electrons. The van der Waals surface area contributed by atoms with E-state index in [1.807, 2.05) is 6.92 Å². The standard InChI is InChI=1S/C12H25NO/c1-4-11-8-6-5-7-9-12(11)13(3)10(2)14/h10-12,14H,4-9H2,1-3H3. The van der Waals surface area contributed by atoms with Crippen LogP contribution in [-0.2, 0) is 0 Å². The number of aliphatic hydroxyl groups excluding tert-OH is 1. The molecule has 1 N–H and O–H groups in total. The van der Waals surface area contributed by atoms with E-state index in [0.717, 1.165) is 5.92 Å². The van der Waals surface area contributed by atoms with E-state index in [1.54, 1.807) is 0 Å². The molecule has 0 aliphatic heterocycles. The van der Waals surface area contributed by atoms with Crippen molar-refractivity contribution in [2.24, 2.45) is 5.92 Å². The quantitative estimate of drug-likeness (QED) is 0.558. The number of rotatable bonds is 3. The number of aliphatic hydroxyl groups is 1. The molecule has 2 nitrogen and oxygen atoms in total. The largest absolute Gasteiger partial charge is 0.379 e. The second-order valence-electron chi connectivity index (χ2n) is 4.67. The van der Waals surface area contributed by atoms with Gasteiger partial charge in [0.2, 0.25) is 0 Å². The van der Waals surface area contributed by atoms with E-state index in [-0.39, 0.29) is 6.23 Å². The fourth-order valence-electron chi connectivity index (χ4n) is 2.65. The highest BCUT2D eigenvalue weighted by molar-refractivity contribution is 4.80. The third kappa shape index (κ3) is 2.96. The van der Waals surface area contributed by atoms with E-state index in [4.69, 9.17) is 0 Å². The van der Waals surface area contributed by atoms with Crippen molar-refractivity contribution >= 4 is 0 Å². The molecule has 0 bridgehead atoms. The Morgan fingerprint density at radius 1 is 1.29 bits per heavy atom. The molecule has 0 saturated heterocycles. The Balaban J connectivity index is 2.60. The normalized spacial score (nSPS) is 31.5. The molecule has 1 rings (SSSR count). The molecule has 0 aromatic carbocycles. The zero-order valence-corrected chi connectivity index (χ0v) is 9.87. The van der Waals surface area contributed by atoms with Crippen LogP contribution in [0.4, 0.5) is 0 Å². The van der Waals surface area contributed by atoms with Gasteiger partial charge in [-0.25, -0.2) is 0 Å². The summed E-state index contributed by atoms with van der Waals surface area (Å²) in [6.45, 7) is 4.15. The van der Waals surface area contributed by atoms with Gasteiger partial charge < -0.3 is 5.11 Å². The first kappa shape index (κ1) is 12.0. The molecule has 1 aliphatic rings. The van der Waals surface area contributed by atoms with Gasteiger partial charge in [0, 0.05) is 6.04 Å². The van der Waals surface area contributed by atoms with Crippen molar-refractivity contribution in [3.05, 3.63) is 0 Å². The summed E-state index contributed by atoms with van der Waals surface area (Å²) in [5, 5.41) is 9.60. The minimum Gasteiger partial charge on any atom is -0.379 e. The van der Waals surface area contributed by atoms with Gasteiger partial charge in [-0.15, -0.1) is 0 Å². The molecule has 0 aromatic rings.